The average Bonchev–Trinajstić information content (AvgIpc) is 1.58. The van der Waals surface area contributed by atoms with Gasteiger partial charge < -0.3 is 40.3 Å². The van der Waals surface area contributed by atoms with Gasteiger partial charge in [-0.05, 0) is 135 Å². The molecule has 514 valence electrons. The Bertz CT molecular complexity index is 2100. The average molecular weight is 1260 g/mol. The van der Waals surface area contributed by atoms with Crippen LogP contribution in [-0.4, -0.2) is 87.5 Å². The van der Waals surface area contributed by atoms with E-state index in [1.54, 1.807) is 6.08 Å². The smallest absolute Gasteiger partial charge is 0.220 e. The number of hydrogen-bond donors (Lipinski definition) is 6. The van der Waals surface area contributed by atoms with Crippen molar-refractivity contribution in [2.45, 2.75) is 314 Å². The quantitative estimate of drug-likeness (QED) is 0.0261. The van der Waals surface area contributed by atoms with Crippen molar-refractivity contribution < 1.29 is 39.8 Å². The summed E-state index contributed by atoms with van der Waals surface area (Å²) < 4.78 is 11.3. The number of hydrogen-bond acceptors (Lipinski definition) is 8. The number of allylic oxidation sites excluding steroid dienone is 29. The normalized spacial score (nSPS) is 18.9. The van der Waals surface area contributed by atoms with Crippen molar-refractivity contribution in [3.05, 3.63) is 182 Å². The highest BCUT2D eigenvalue weighted by Gasteiger charge is 2.44. The number of rotatable bonds is 61. The fraction of sp³-hybridized carbons (Fsp3) is 0.622. The van der Waals surface area contributed by atoms with Crippen molar-refractivity contribution in [2.75, 3.05) is 13.2 Å². The lowest BCUT2D eigenvalue weighted by Gasteiger charge is -2.40. The van der Waals surface area contributed by atoms with Gasteiger partial charge >= 0.3 is 0 Å². The van der Waals surface area contributed by atoms with E-state index in [0.717, 1.165) is 128 Å². The standard InChI is InChI=1S/C82H133NO8/c1-3-5-7-9-11-13-15-17-19-21-23-25-27-29-31-32-33-34-35-36-37-38-39-40-41-42-43-44-46-48-50-52-54-56-58-60-62-64-66-68-70-72-78(86)83-75(74-90-82-81(89)80(88)79(87)77(73-84)91-82)76(85)71-69-67-65-63-61-59-57-55-53-51-49-47-45-30-28-26-24-22-20-18-16-14-12-10-8-6-4-2/h5,7,11,13,17,19,23,25,29,31,33-34,36-37,39-40,42-43,46,48,52-55,58,60-61,63,69,71,75-77,79-82,84-85,87-89H,3-4,6,8-10,12,14-16,18,20-22,24,26-28,30,32,35,38,41,44-45,47,49-51,56-57,59,62,64-68,70,72-74H2,1-2H3,(H,83,86)/b7-5-,13-11-,19-17-,25-23-,31-29-,34-33-,37-36-,40-39-,43-42-,48-46-,54-52-,55-53+,60-58-,63-61+,71-69+. The Labute approximate surface area is 557 Å². The van der Waals surface area contributed by atoms with Gasteiger partial charge in [0.15, 0.2) is 6.29 Å². The summed E-state index contributed by atoms with van der Waals surface area (Å²) in [5.74, 6) is -0.221. The zero-order valence-corrected chi connectivity index (χ0v) is 57.5. The lowest BCUT2D eigenvalue weighted by Crippen LogP contribution is -2.60. The van der Waals surface area contributed by atoms with Crippen LogP contribution in [0.2, 0.25) is 0 Å². The van der Waals surface area contributed by atoms with Crippen molar-refractivity contribution in [3.8, 4) is 0 Å². The second-order valence-corrected chi connectivity index (χ2v) is 24.3. The van der Waals surface area contributed by atoms with Gasteiger partial charge in [0.25, 0.3) is 0 Å². The summed E-state index contributed by atoms with van der Waals surface area (Å²) in [6, 6.07) is -0.858. The van der Waals surface area contributed by atoms with E-state index in [9.17, 15) is 30.3 Å². The summed E-state index contributed by atoms with van der Waals surface area (Å²) in [4.78, 5) is 13.1. The maximum absolute atomic E-state index is 13.1. The molecule has 1 fully saturated rings. The summed E-state index contributed by atoms with van der Waals surface area (Å²) in [5.41, 5.74) is 0. The molecule has 1 rings (SSSR count). The van der Waals surface area contributed by atoms with Gasteiger partial charge in [0.1, 0.15) is 24.4 Å². The molecule has 0 aromatic heterocycles. The van der Waals surface area contributed by atoms with Gasteiger partial charge in [0.2, 0.25) is 5.91 Å². The second-order valence-electron chi connectivity index (χ2n) is 24.3. The summed E-state index contributed by atoms with van der Waals surface area (Å²) in [6.45, 7) is 3.64. The third-order valence-electron chi connectivity index (χ3n) is 15.9. The van der Waals surface area contributed by atoms with Crippen LogP contribution in [0.25, 0.3) is 0 Å². The largest absolute Gasteiger partial charge is 0.394 e. The molecule has 0 radical (unpaired) electrons. The Morgan fingerprint density at radius 2 is 0.692 bits per heavy atom. The van der Waals surface area contributed by atoms with E-state index in [1.165, 1.54) is 109 Å². The topological polar surface area (TPSA) is 149 Å². The molecule has 1 aliphatic rings. The summed E-state index contributed by atoms with van der Waals surface area (Å²) in [5, 5.41) is 54.7. The monoisotopic (exact) mass is 1260 g/mol. The molecule has 9 nitrogen and oxygen atoms in total. The van der Waals surface area contributed by atoms with E-state index in [0.29, 0.717) is 19.3 Å². The molecule has 0 aliphatic carbocycles. The molecule has 1 heterocycles. The molecule has 6 N–H and O–H groups in total. The first kappa shape index (κ1) is 84.3. The molecule has 0 saturated carbocycles. The third kappa shape index (κ3) is 56.5. The molecule has 1 aliphatic heterocycles. The fourth-order valence-corrected chi connectivity index (χ4v) is 10.3. The third-order valence-corrected chi connectivity index (χ3v) is 15.9. The molecule has 1 amide bonds. The first-order valence-electron chi connectivity index (χ1n) is 36.5. The predicted octanol–water partition coefficient (Wildman–Crippen LogP) is 20.6. The maximum atomic E-state index is 13.1. The van der Waals surface area contributed by atoms with Gasteiger partial charge in [0, 0.05) is 6.42 Å². The zero-order chi connectivity index (χ0) is 65.7. The Balaban J connectivity index is 2.22. The van der Waals surface area contributed by atoms with Crippen LogP contribution in [0.5, 0.6) is 0 Å². The SMILES string of the molecule is CC/C=C\C/C=C\C/C=C\C/C=C\C/C=C\C/C=C\C/C=C\C/C=C\C/C=C\C/C=C\C/C=C\C/C=C\CCCCCCC(=O)NC(COC1OC(CO)C(O)C(O)C1O)C(O)/C=C/CC/C=C/CC/C=C/CCCCCCCCCCCCCCCCCCC. The molecular weight excluding hydrogens is 1130 g/mol. The van der Waals surface area contributed by atoms with Gasteiger partial charge in [0.05, 0.1) is 25.4 Å². The van der Waals surface area contributed by atoms with Crippen molar-refractivity contribution >= 4 is 5.91 Å². The first-order valence-corrected chi connectivity index (χ1v) is 36.5. The van der Waals surface area contributed by atoms with Gasteiger partial charge in [-0.3, -0.25) is 4.79 Å². The minimum Gasteiger partial charge on any atom is -0.394 e. The molecule has 9 heteroatoms. The van der Waals surface area contributed by atoms with E-state index < -0.39 is 49.5 Å². The fourth-order valence-electron chi connectivity index (χ4n) is 10.3. The Hall–Kier alpha value is -4.71. The Morgan fingerprint density at radius 3 is 1.05 bits per heavy atom. The van der Waals surface area contributed by atoms with Crippen molar-refractivity contribution in [2.24, 2.45) is 0 Å². The number of ether oxygens (including phenoxy) is 2. The molecule has 91 heavy (non-hydrogen) atoms. The zero-order valence-electron chi connectivity index (χ0n) is 57.5. The lowest BCUT2D eigenvalue weighted by molar-refractivity contribution is -0.302. The van der Waals surface area contributed by atoms with Gasteiger partial charge in [-0.25, -0.2) is 0 Å². The van der Waals surface area contributed by atoms with Crippen LogP contribution in [0.4, 0.5) is 0 Å². The summed E-state index contributed by atoms with van der Waals surface area (Å²) in [7, 11) is 0. The number of amides is 1. The van der Waals surface area contributed by atoms with E-state index in [1.807, 2.05) is 6.08 Å². The molecule has 0 aromatic rings. The lowest BCUT2D eigenvalue weighted by atomic mass is 9.99. The van der Waals surface area contributed by atoms with E-state index in [2.05, 4.69) is 189 Å². The van der Waals surface area contributed by atoms with Gasteiger partial charge in [-0.1, -0.05) is 312 Å². The predicted molar refractivity (Wildman–Crippen MR) is 391 cm³/mol. The highest BCUT2D eigenvalue weighted by atomic mass is 16.7. The van der Waals surface area contributed by atoms with E-state index >= 15 is 0 Å². The van der Waals surface area contributed by atoms with Crippen LogP contribution in [0.3, 0.4) is 0 Å². The van der Waals surface area contributed by atoms with E-state index in [-0.39, 0.29) is 12.5 Å². The van der Waals surface area contributed by atoms with Crippen LogP contribution >= 0.6 is 0 Å². The van der Waals surface area contributed by atoms with Gasteiger partial charge in [-0.15, -0.1) is 0 Å². The Morgan fingerprint density at radius 1 is 0.385 bits per heavy atom. The summed E-state index contributed by atoms with van der Waals surface area (Å²) in [6.07, 6.45) is 103. The van der Waals surface area contributed by atoms with Crippen LogP contribution in [-0.2, 0) is 14.3 Å². The van der Waals surface area contributed by atoms with Crippen LogP contribution in [0, 0.1) is 0 Å². The van der Waals surface area contributed by atoms with Crippen LogP contribution in [0.15, 0.2) is 182 Å². The van der Waals surface area contributed by atoms with Crippen LogP contribution in [0.1, 0.15) is 271 Å². The second kappa shape index (κ2) is 68.2. The number of unbranched alkanes of at least 4 members (excludes halogenated alkanes) is 23. The maximum Gasteiger partial charge on any atom is 0.220 e. The number of carbonyl (C=O) groups excluding carboxylic acids is 1. The van der Waals surface area contributed by atoms with Crippen molar-refractivity contribution in [1.29, 1.82) is 0 Å². The van der Waals surface area contributed by atoms with Crippen molar-refractivity contribution in [1.82, 2.24) is 5.32 Å². The molecule has 0 spiro atoms. The van der Waals surface area contributed by atoms with Crippen molar-refractivity contribution in [3.63, 3.8) is 0 Å². The molecule has 7 unspecified atom stereocenters. The summed E-state index contributed by atoms with van der Waals surface area (Å²) >= 11 is 0. The molecule has 0 bridgehead atoms. The van der Waals surface area contributed by atoms with Gasteiger partial charge in [-0.2, -0.15) is 0 Å². The van der Waals surface area contributed by atoms with E-state index in [4.69, 9.17) is 9.47 Å². The number of carbonyl (C=O) groups is 1. The molecule has 0 aromatic carbocycles. The molecule has 1 saturated heterocycles. The number of aliphatic hydroxyl groups excluding tert-OH is 5. The number of nitrogens with one attached hydrogen (secondary N) is 1. The highest BCUT2D eigenvalue weighted by molar-refractivity contribution is 5.76. The minimum absolute atomic E-state index is 0.221. The first-order chi connectivity index (χ1) is 44.8. The minimum atomic E-state index is -1.59. The molecular formula is C82H133NO8. The van der Waals surface area contributed by atoms with Crippen LogP contribution < -0.4 is 5.32 Å². The molecule has 7 atom stereocenters. The highest BCUT2D eigenvalue weighted by Crippen LogP contribution is 2.23. The Kier molecular flexibility index (Phi) is 63.1. The number of aliphatic hydroxyl groups is 5.